The van der Waals surface area contributed by atoms with Crippen molar-refractivity contribution < 1.29 is 22.7 Å². The van der Waals surface area contributed by atoms with Gasteiger partial charge < -0.3 is 10.1 Å². The van der Waals surface area contributed by atoms with Crippen molar-refractivity contribution in [1.29, 1.82) is 0 Å². The number of halogens is 1. The van der Waals surface area contributed by atoms with Gasteiger partial charge in [0, 0.05) is 5.69 Å². The lowest BCUT2D eigenvalue weighted by molar-refractivity contribution is -0.114. The summed E-state index contributed by atoms with van der Waals surface area (Å²) in [7, 11) is -3.68. The highest BCUT2D eigenvalue weighted by Gasteiger charge is 2.21. The maximum absolute atomic E-state index is 12.5. The highest BCUT2D eigenvalue weighted by atomic mass is 35.5. The van der Waals surface area contributed by atoms with Gasteiger partial charge in [-0.2, -0.15) is 0 Å². The van der Waals surface area contributed by atoms with Crippen LogP contribution in [0.2, 0.25) is 5.02 Å². The first-order chi connectivity index (χ1) is 13.5. The van der Waals surface area contributed by atoms with Crippen LogP contribution in [0.15, 0.2) is 36.4 Å². The SMILES string of the molecule is CCOC(=O)c1ccc(NC(=O)CN(c2ccc(C)c(C)c2)S(C)(=O)=O)cc1Cl. The number of hydrogen-bond acceptors (Lipinski definition) is 5. The van der Waals surface area contributed by atoms with Crippen molar-refractivity contribution in [3.63, 3.8) is 0 Å². The van der Waals surface area contributed by atoms with Crippen LogP contribution in [0.5, 0.6) is 0 Å². The lowest BCUT2D eigenvalue weighted by Crippen LogP contribution is -2.37. The molecular formula is C20H23ClN2O5S. The minimum Gasteiger partial charge on any atom is -0.462 e. The predicted molar refractivity (Wildman–Crippen MR) is 114 cm³/mol. The van der Waals surface area contributed by atoms with Gasteiger partial charge in [-0.3, -0.25) is 9.10 Å². The van der Waals surface area contributed by atoms with Crippen molar-refractivity contribution in [2.75, 3.05) is 29.0 Å². The fourth-order valence-electron chi connectivity index (χ4n) is 2.58. The molecule has 0 aliphatic rings. The van der Waals surface area contributed by atoms with Crippen molar-refractivity contribution in [3.05, 3.63) is 58.1 Å². The highest BCUT2D eigenvalue weighted by Crippen LogP contribution is 2.23. The summed E-state index contributed by atoms with van der Waals surface area (Å²) in [5.74, 6) is -1.11. The molecule has 1 N–H and O–H groups in total. The largest absolute Gasteiger partial charge is 0.462 e. The van der Waals surface area contributed by atoms with E-state index < -0.39 is 28.4 Å². The fraction of sp³-hybridized carbons (Fsp3) is 0.300. The lowest BCUT2D eigenvalue weighted by atomic mass is 10.1. The monoisotopic (exact) mass is 438 g/mol. The summed E-state index contributed by atoms with van der Waals surface area (Å²) in [4.78, 5) is 24.3. The lowest BCUT2D eigenvalue weighted by Gasteiger charge is -2.22. The topological polar surface area (TPSA) is 92.8 Å². The number of aryl methyl sites for hydroxylation is 2. The number of ether oxygens (including phenoxy) is 1. The minimum atomic E-state index is -3.68. The van der Waals surface area contributed by atoms with E-state index in [1.807, 2.05) is 13.8 Å². The molecule has 1 amide bonds. The molecule has 0 radical (unpaired) electrons. The van der Waals surface area contributed by atoms with E-state index in [-0.39, 0.29) is 17.2 Å². The van der Waals surface area contributed by atoms with Crippen molar-refractivity contribution in [1.82, 2.24) is 0 Å². The molecule has 0 aliphatic heterocycles. The summed E-state index contributed by atoms with van der Waals surface area (Å²) >= 11 is 6.09. The summed E-state index contributed by atoms with van der Waals surface area (Å²) in [6.45, 7) is 5.28. The minimum absolute atomic E-state index is 0.121. The molecule has 0 unspecified atom stereocenters. The van der Waals surface area contributed by atoms with Crippen LogP contribution >= 0.6 is 11.6 Å². The van der Waals surface area contributed by atoms with Gasteiger partial charge in [-0.25, -0.2) is 13.2 Å². The number of amides is 1. The highest BCUT2D eigenvalue weighted by molar-refractivity contribution is 7.92. The van der Waals surface area contributed by atoms with Gasteiger partial charge in [0.2, 0.25) is 15.9 Å². The van der Waals surface area contributed by atoms with E-state index in [4.69, 9.17) is 16.3 Å². The van der Waals surface area contributed by atoms with Crippen LogP contribution in [-0.2, 0) is 19.6 Å². The third-order valence-electron chi connectivity index (χ3n) is 4.21. The maximum Gasteiger partial charge on any atom is 0.339 e. The van der Waals surface area contributed by atoms with Crippen molar-refractivity contribution in [3.8, 4) is 0 Å². The molecular weight excluding hydrogens is 416 g/mol. The average molecular weight is 439 g/mol. The number of benzene rings is 2. The van der Waals surface area contributed by atoms with E-state index in [9.17, 15) is 18.0 Å². The van der Waals surface area contributed by atoms with Crippen molar-refractivity contribution >= 4 is 44.9 Å². The Balaban J connectivity index is 2.19. The second-order valence-electron chi connectivity index (χ2n) is 6.50. The Morgan fingerprint density at radius 1 is 1.10 bits per heavy atom. The van der Waals surface area contributed by atoms with Gasteiger partial charge in [-0.15, -0.1) is 0 Å². The second kappa shape index (κ2) is 9.28. The smallest absolute Gasteiger partial charge is 0.339 e. The molecule has 0 saturated heterocycles. The summed E-state index contributed by atoms with van der Waals surface area (Å²) < 4.78 is 30.4. The van der Waals surface area contributed by atoms with Crippen molar-refractivity contribution in [2.24, 2.45) is 0 Å². The van der Waals surface area contributed by atoms with E-state index >= 15 is 0 Å². The normalized spacial score (nSPS) is 11.1. The summed E-state index contributed by atoms with van der Waals surface area (Å²) in [5.41, 5.74) is 2.85. The Hall–Kier alpha value is -2.58. The summed E-state index contributed by atoms with van der Waals surface area (Å²) in [6, 6.07) is 9.52. The number of anilines is 2. The molecule has 2 aromatic rings. The van der Waals surface area contributed by atoms with Gasteiger partial charge in [0.1, 0.15) is 6.54 Å². The third kappa shape index (κ3) is 5.95. The van der Waals surface area contributed by atoms with Crippen molar-refractivity contribution in [2.45, 2.75) is 20.8 Å². The molecule has 29 heavy (non-hydrogen) atoms. The number of nitrogens with one attached hydrogen (secondary N) is 1. The van der Waals surface area contributed by atoms with Gasteiger partial charge in [-0.1, -0.05) is 17.7 Å². The number of hydrogen-bond donors (Lipinski definition) is 1. The van der Waals surface area contributed by atoms with Gasteiger partial charge in [0.25, 0.3) is 0 Å². The van der Waals surface area contributed by atoms with E-state index in [0.717, 1.165) is 21.7 Å². The number of sulfonamides is 1. The van der Waals surface area contributed by atoms with E-state index in [1.54, 1.807) is 25.1 Å². The molecule has 0 aliphatic carbocycles. The first kappa shape index (κ1) is 22.7. The first-order valence-corrected chi connectivity index (χ1v) is 11.1. The number of esters is 1. The van der Waals surface area contributed by atoms with Crippen LogP contribution in [-0.4, -0.2) is 39.7 Å². The Labute approximate surface area is 175 Å². The first-order valence-electron chi connectivity index (χ1n) is 8.84. The molecule has 0 aromatic heterocycles. The molecule has 2 rings (SSSR count). The standard InChI is InChI=1S/C20H23ClN2O5S/c1-5-28-20(25)17-9-7-15(11-18(17)21)22-19(24)12-23(29(4,26)27)16-8-6-13(2)14(3)10-16/h6-11H,5,12H2,1-4H3,(H,22,24). The van der Waals surface area contributed by atoms with Crippen LogP contribution in [0.4, 0.5) is 11.4 Å². The maximum atomic E-state index is 12.5. The summed E-state index contributed by atoms with van der Waals surface area (Å²) in [6.07, 6.45) is 1.04. The number of nitrogens with zero attached hydrogens (tertiary/aromatic N) is 1. The van der Waals surface area contributed by atoms with E-state index in [0.29, 0.717) is 11.4 Å². The number of carbonyl (C=O) groups excluding carboxylic acids is 2. The average Bonchev–Trinajstić information content (AvgIpc) is 2.61. The van der Waals surface area contributed by atoms with Crippen LogP contribution in [0, 0.1) is 13.8 Å². The molecule has 0 bridgehead atoms. The Bertz CT molecular complexity index is 1040. The quantitative estimate of drug-likeness (QED) is 0.667. The molecule has 7 nitrogen and oxygen atoms in total. The van der Waals surface area contributed by atoms with Gasteiger partial charge in [0.05, 0.1) is 29.1 Å². The molecule has 2 aromatic carbocycles. The van der Waals surface area contributed by atoms with Gasteiger partial charge in [-0.05, 0) is 62.2 Å². The van der Waals surface area contributed by atoms with E-state index in [1.165, 1.54) is 18.2 Å². The number of carbonyl (C=O) groups is 2. The van der Waals surface area contributed by atoms with Gasteiger partial charge >= 0.3 is 5.97 Å². The van der Waals surface area contributed by atoms with Gasteiger partial charge in [0.15, 0.2) is 0 Å². The molecule has 0 atom stereocenters. The zero-order valence-corrected chi connectivity index (χ0v) is 18.2. The molecule has 0 saturated carbocycles. The van der Waals surface area contributed by atoms with Crippen LogP contribution < -0.4 is 9.62 Å². The van der Waals surface area contributed by atoms with E-state index in [2.05, 4.69) is 5.32 Å². The van der Waals surface area contributed by atoms with Crippen LogP contribution in [0.25, 0.3) is 0 Å². The predicted octanol–water partition coefficient (Wildman–Crippen LogP) is 3.54. The van der Waals surface area contributed by atoms with Crippen LogP contribution in [0.1, 0.15) is 28.4 Å². The summed E-state index contributed by atoms with van der Waals surface area (Å²) in [5, 5.41) is 2.72. The Morgan fingerprint density at radius 3 is 2.34 bits per heavy atom. The fourth-order valence-corrected chi connectivity index (χ4v) is 3.68. The Kier molecular flexibility index (Phi) is 7.26. The molecule has 9 heteroatoms. The molecule has 156 valence electrons. The molecule has 0 fully saturated rings. The number of rotatable bonds is 7. The van der Waals surface area contributed by atoms with Crippen LogP contribution in [0.3, 0.4) is 0 Å². The third-order valence-corrected chi connectivity index (χ3v) is 5.67. The molecule has 0 spiro atoms. The zero-order chi connectivity index (χ0) is 21.8. The molecule has 0 heterocycles. The second-order valence-corrected chi connectivity index (χ2v) is 8.82. The Morgan fingerprint density at radius 2 is 1.79 bits per heavy atom. The zero-order valence-electron chi connectivity index (χ0n) is 16.7.